The average Bonchev–Trinajstić information content (AvgIpc) is 2.42. The summed E-state index contributed by atoms with van der Waals surface area (Å²) in [5.41, 5.74) is 8.83. The molecule has 1 fully saturated rings. The summed E-state index contributed by atoms with van der Waals surface area (Å²) in [7, 11) is 0. The summed E-state index contributed by atoms with van der Waals surface area (Å²) in [6.07, 6.45) is 6.72. The molecule has 2 unspecified atom stereocenters. The Balaban J connectivity index is 2.07. The van der Waals surface area contributed by atoms with Gasteiger partial charge in [0.05, 0.1) is 5.52 Å². The van der Waals surface area contributed by atoms with Crippen LogP contribution in [-0.4, -0.2) is 4.98 Å². The summed E-state index contributed by atoms with van der Waals surface area (Å²) < 4.78 is 0. The van der Waals surface area contributed by atoms with E-state index in [4.69, 9.17) is 5.73 Å². The Morgan fingerprint density at radius 3 is 3.00 bits per heavy atom. The van der Waals surface area contributed by atoms with E-state index in [2.05, 4.69) is 36.2 Å². The van der Waals surface area contributed by atoms with Crippen molar-refractivity contribution in [1.82, 2.24) is 4.98 Å². The van der Waals surface area contributed by atoms with E-state index in [1.54, 1.807) is 0 Å². The van der Waals surface area contributed by atoms with E-state index in [0.717, 1.165) is 11.9 Å². The fraction of sp³-hybridized carbons (Fsp3) is 0.438. The SMILES string of the molecule is CC1CCCCC1(N)c1ccc2cccnc2c1. The van der Waals surface area contributed by atoms with Crippen LogP contribution < -0.4 is 5.73 Å². The second-order valence-electron chi connectivity index (χ2n) is 5.60. The van der Waals surface area contributed by atoms with Gasteiger partial charge in [0, 0.05) is 17.1 Å². The van der Waals surface area contributed by atoms with Gasteiger partial charge in [0.15, 0.2) is 0 Å². The van der Waals surface area contributed by atoms with Crippen LogP contribution in [-0.2, 0) is 5.54 Å². The molecule has 0 bridgehead atoms. The van der Waals surface area contributed by atoms with Crippen molar-refractivity contribution < 1.29 is 0 Å². The molecule has 2 nitrogen and oxygen atoms in total. The highest BCUT2D eigenvalue weighted by Gasteiger charge is 2.35. The maximum Gasteiger partial charge on any atom is 0.0705 e. The molecule has 1 aliphatic carbocycles. The lowest BCUT2D eigenvalue weighted by Crippen LogP contribution is -2.45. The fourth-order valence-corrected chi connectivity index (χ4v) is 3.16. The largest absolute Gasteiger partial charge is 0.321 e. The third-order valence-corrected chi connectivity index (χ3v) is 4.50. The summed E-state index contributed by atoms with van der Waals surface area (Å²) in [5.74, 6) is 0.549. The molecule has 3 rings (SSSR count). The molecule has 94 valence electrons. The fourth-order valence-electron chi connectivity index (χ4n) is 3.16. The Hall–Kier alpha value is -1.41. The smallest absolute Gasteiger partial charge is 0.0705 e. The first kappa shape index (κ1) is 11.7. The molecule has 2 N–H and O–H groups in total. The van der Waals surface area contributed by atoms with Gasteiger partial charge in [0.1, 0.15) is 0 Å². The van der Waals surface area contributed by atoms with Gasteiger partial charge in [0.25, 0.3) is 0 Å². The van der Waals surface area contributed by atoms with Crippen LogP contribution in [0.3, 0.4) is 0 Å². The lowest BCUT2D eigenvalue weighted by molar-refractivity contribution is 0.207. The minimum atomic E-state index is -0.163. The van der Waals surface area contributed by atoms with Crippen molar-refractivity contribution in [1.29, 1.82) is 0 Å². The van der Waals surface area contributed by atoms with Crippen LogP contribution in [0.1, 0.15) is 38.2 Å². The summed E-state index contributed by atoms with van der Waals surface area (Å²) in [4.78, 5) is 4.44. The Morgan fingerprint density at radius 2 is 2.17 bits per heavy atom. The van der Waals surface area contributed by atoms with E-state index in [1.165, 1.54) is 30.2 Å². The van der Waals surface area contributed by atoms with E-state index in [9.17, 15) is 0 Å². The highest BCUT2D eigenvalue weighted by atomic mass is 14.8. The van der Waals surface area contributed by atoms with Gasteiger partial charge in [-0.2, -0.15) is 0 Å². The number of aromatic nitrogens is 1. The quantitative estimate of drug-likeness (QED) is 0.827. The van der Waals surface area contributed by atoms with Crippen LogP contribution in [0.2, 0.25) is 0 Å². The molecule has 1 heterocycles. The van der Waals surface area contributed by atoms with Crippen LogP contribution in [0.25, 0.3) is 10.9 Å². The van der Waals surface area contributed by atoms with Crippen LogP contribution >= 0.6 is 0 Å². The molecule has 0 radical (unpaired) electrons. The Morgan fingerprint density at radius 1 is 1.28 bits per heavy atom. The van der Waals surface area contributed by atoms with Gasteiger partial charge in [-0.05, 0) is 36.5 Å². The number of fused-ring (bicyclic) bond motifs is 1. The highest BCUT2D eigenvalue weighted by Crippen LogP contribution is 2.39. The monoisotopic (exact) mass is 240 g/mol. The predicted molar refractivity (Wildman–Crippen MR) is 75.2 cm³/mol. The molecule has 0 amide bonds. The Bertz CT molecular complexity index is 564. The molecule has 0 saturated heterocycles. The van der Waals surface area contributed by atoms with Crippen LogP contribution in [0.15, 0.2) is 36.5 Å². The van der Waals surface area contributed by atoms with Gasteiger partial charge in [0.2, 0.25) is 0 Å². The molecule has 1 aromatic heterocycles. The summed E-state index contributed by atoms with van der Waals surface area (Å²) in [6, 6.07) is 10.6. The molecule has 2 aromatic rings. The normalized spacial score (nSPS) is 28.4. The minimum absolute atomic E-state index is 0.163. The molecule has 2 atom stereocenters. The first-order valence-corrected chi connectivity index (χ1v) is 6.84. The second kappa shape index (κ2) is 4.36. The number of pyridine rings is 1. The standard InChI is InChI=1S/C16H20N2/c1-12-5-2-3-9-16(12,17)14-8-7-13-6-4-10-18-15(13)11-14/h4,6-8,10-12H,2-3,5,9,17H2,1H3. The third kappa shape index (κ3) is 1.81. The van der Waals surface area contributed by atoms with Gasteiger partial charge in [-0.25, -0.2) is 0 Å². The molecule has 0 aliphatic heterocycles. The summed E-state index contributed by atoms with van der Waals surface area (Å²) >= 11 is 0. The summed E-state index contributed by atoms with van der Waals surface area (Å²) in [6.45, 7) is 2.28. The highest BCUT2D eigenvalue weighted by molar-refractivity contribution is 5.79. The Kier molecular flexibility index (Phi) is 2.83. The maximum absolute atomic E-state index is 6.69. The van der Waals surface area contributed by atoms with Crippen molar-refractivity contribution in [3.05, 3.63) is 42.1 Å². The second-order valence-corrected chi connectivity index (χ2v) is 5.60. The number of hydrogen-bond acceptors (Lipinski definition) is 2. The number of rotatable bonds is 1. The third-order valence-electron chi connectivity index (χ3n) is 4.50. The number of hydrogen-bond donors (Lipinski definition) is 1. The number of nitrogens with two attached hydrogens (primary N) is 1. The van der Waals surface area contributed by atoms with Crippen LogP contribution in [0, 0.1) is 5.92 Å². The lowest BCUT2D eigenvalue weighted by atomic mass is 9.70. The van der Waals surface area contributed by atoms with Gasteiger partial charge in [-0.1, -0.05) is 38.0 Å². The number of benzene rings is 1. The van der Waals surface area contributed by atoms with Crippen molar-refractivity contribution in [2.45, 2.75) is 38.1 Å². The van der Waals surface area contributed by atoms with E-state index >= 15 is 0 Å². The molecule has 2 heteroatoms. The minimum Gasteiger partial charge on any atom is -0.321 e. The predicted octanol–water partition coefficient (Wildman–Crippen LogP) is 3.60. The molecule has 1 aromatic carbocycles. The molecule has 1 aliphatic rings. The summed E-state index contributed by atoms with van der Waals surface area (Å²) in [5, 5.41) is 1.19. The molecule has 1 saturated carbocycles. The lowest BCUT2D eigenvalue weighted by Gasteiger charge is -2.40. The van der Waals surface area contributed by atoms with Gasteiger partial charge < -0.3 is 5.73 Å². The van der Waals surface area contributed by atoms with E-state index < -0.39 is 0 Å². The maximum atomic E-state index is 6.69. The zero-order chi connectivity index (χ0) is 12.6. The van der Waals surface area contributed by atoms with Crippen molar-refractivity contribution >= 4 is 10.9 Å². The van der Waals surface area contributed by atoms with Crippen molar-refractivity contribution in [3.8, 4) is 0 Å². The molecule has 0 spiro atoms. The Labute approximate surface area is 108 Å². The van der Waals surface area contributed by atoms with E-state index in [-0.39, 0.29) is 5.54 Å². The number of nitrogens with zero attached hydrogens (tertiary/aromatic N) is 1. The molecular weight excluding hydrogens is 220 g/mol. The first-order valence-electron chi connectivity index (χ1n) is 6.84. The van der Waals surface area contributed by atoms with Crippen LogP contribution in [0.5, 0.6) is 0 Å². The average molecular weight is 240 g/mol. The van der Waals surface area contributed by atoms with Crippen molar-refractivity contribution in [2.75, 3.05) is 0 Å². The van der Waals surface area contributed by atoms with Crippen molar-refractivity contribution in [3.63, 3.8) is 0 Å². The first-order chi connectivity index (χ1) is 8.70. The van der Waals surface area contributed by atoms with Crippen LogP contribution in [0.4, 0.5) is 0 Å². The van der Waals surface area contributed by atoms with E-state index in [1.807, 2.05) is 12.3 Å². The van der Waals surface area contributed by atoms with Gasteiger partial charge >= 0.3 is 0 Å². The van der Waals surface area contributed by atoms with Gasteiger partial charge in [-0.3, -0.25) is 4.98 Å². The topological polar surface area (TPSA) is 38.9 Å². The molecule has 18 heavy (non-hydrogen) atoms. The molecular formula is C16H20N2. The van der Waals surface area contributed by atoms with Crippen molar-refractivity contribution in [2.24, 2.45) is 11.7 Å². The zero-order valence-corrected chi connectivity index (χ0v) is 10.9. The van der Waals surface area contributed by atoms with E-state index in [0.29, 0.717) is 5.92 Å². The zero-order valence-electron chi connectivity index (χ0n) is 10.9. The van der Waals surface area contributed by atoms with Gasteiger partial charge in [-0.15, -0.1) is 0 Å².